The highest BCUT2D eigenvalue weighted by Crippen LogP contribution is 2.36. The molecule has 0 radical (unpaired) electrons. The van der Waals surface area contributed by atoms with Crippen LogP contribution in [-0.4, -0.2) is 4.98 Å². The molecule has 0 bridgehead atoms. The first kappa shape index (κ1) is 12.1. The molecule has 1 saturated carbocycles. The van der Waals surface area contributed by atoms with Gasteiger partial charge in [0.15, 0.2) is 0 Å². The van der Waals surface area contributed by atoms with Crippen LogP contribution in [0.25, 0.3) is 10.2 Å². The van der Waals surface area contributed by atoms with Crippen LogP contribution >= 0.6 is 11.3 Å². The molecule has 1 fully saturated rings. The van der Waals surface area contributed by atoms with E-state index in [1.165, 1.54) is 42.4 Å². The zero-order valence-electron chi connectivity index (χ0n) is 10.9. The molecule has 0 spiro atoms. The van der Waals surface area contributed by atoms with E-state index >= 15 is 0 Å². The van der Waals surface area contributed by atoms with E-state index in [-0.39, 0.29) is 6.04 Å². The van der Waals surface area contributed by atoms with Gasteiger partial charge in [-0.2, -0.15) is 0 Å². The Kier molecular flexibility index (Phi) is 3.35. The van der Waals surface area contributed by atoms with Crippen LogP contribution in [0.4, 0.5) is 0 Å². The fraction of sp³-hybridized carbons (Fsp3) is 0.533. The SMILES string of the molecule is Cc1ccc2sc(C(N)C3CCCCC3)nc2c1. The third-order valence-electron chi connectivity index (χ3n) is 4.00. The maximum absolute atomic E-state index is 6.42. The molecule has 3 rings (SSSR count). The van der Waals surface area contributed by atoms with Gasteiger partial charge in [-0.25, -0.2) is 4.98 Å². The van der Waals surface area contributed by atoms with Gasteiger partial charge in [-0.3, -0.25) is 0 Å². The molecule has 96 valence electrons. The lowest BCUT2D eigenvalue weighted by molar-refractivity contribution is 0.308. The fourth-order valence-corrected chi connectivity index (χ4v) is 3.94. The number of aryl methyl sites for hydroxylation is 1. The second kappa shape index (κ2) is 4.98. The summed E-state index contributed by atoms with van der Waals surface area (Å²) in [6.45, 7) is 2.11. The molecule has 0 amide bonds. The quantitative estimate of drug-likeness (QED) is 0.879. The van der Waals surface area contributed by atoms with Crippen molar-refractivity contribution < 1.29 is 0 Å². The van der Waals surface area contributed by atoms with Gasteiger partial charge in [-0.1, -0.05) is 25.3 Å². The van der Waals surface area contributed by atoms with Gasteiger partial charge in [0.25, 0.3) is 0 Å². The Morgan fingerprint density at radius 1 is 1.28 bits per heavy atom. The van der Waals surface area contributed by atoms with E-state index in [2.05, 4.69) is 25.1 Å². The number of aromatic nitrogens is 1. The highest BCUT2D eigenvalue weighted by molar-refractivity contribution is 7.18. The van der Waals surface area contributed by atoms with Gasteiger partial charge in [-0.15, -0.1) is 11.3 Å². The van der Waals surface area contributed by atoms with E-state index in [1.54, 1.807) is 11.3 Å². The number of fused-ring (bicyclic) bond motifs is 1. The van der Waals surface area contributed by atoms with Gasteiger partial charge < -0.3 is 5.73 Å². The summed E-state index contributed by atoms with van der Waals surface area (Å²) >= 11 is 1.77. The summed E-state index contributed by atoms with van der Waals surface area (Å²) in [6.07, 6.45) is 6.60. The van der Waals surface area contributed by atoms with Gasteiger partial charge in [0.1, 0.15) is 5.01 Å². The molecule has 18 heavy (non-hydrogen) atoms. The number of thiazole rings is 1. The monoisotopic (exact) mass is 260 g/mol. The minimum Gasteiger partial charge on any atom is -0.322 e. The number of nitrogens with two attached hydrogens (primary N) is 1. The standard InChI is InChI=1S/C15H20N2S/c1-10-7-8-13-12(9-10)17-15(18-13)14(16)11-5-3-2-4-6-11/h7-9,11,14H,2-6,16H2,1H3. The molecule has 1 aliphatic carbocycles. The van der Waals surface area contributed by atoms with Crippen molar-refractivity contribution in [3.63, 3.8) is 0 Å². The molecule has 1 atom stereocenters. The van der Waals surface area contributed by atoms with E-state index in [1.807, 2.05) is 0 Å². The van der Waals surface area contributed by atoms with Crippen LogP contribution in [0.2, 0.25) is 0 Å². The highest BCUT2D eigenvalue weighted by Gasteiger charge is 2.24. The minimum absolute atomic E-state index is 0.142. The van der Waals surface area contributed by atoms with Crippen molar-refractivity contribution in [3.8, 4) is 0 Å². The predicted octanol–water partition coefficient (Wildman–Crippen LogP) is 4.18. The van der Waals surface area contributed by atoms with E-state index in [9.17, 15) is 0 Å². The summed E-state index contributed by atoms with van der Waals surface area (Å²) < 4.78 is 1.27. The molecule has 2 N–H and O–H groups in total. The van der Waals surface area contributed by atoms with E-state index in [0.29, 0.717) is 5.92 Å². The smallest absolute Gasteiger partial charge is 0.111 e. The largest absolute Gasteiger partial charge is 0.322 e. The Hall–Kier alpha value is -0.930. The zero-order valence-corrected chi connectivity index (χ0v) is 11.7. The Labute approximate surface area is 112 Å². The van der Waals surface area contributed by atoms with Crippen LogP contribution in [0.3, 0.4) is 0 Å². The summed E-state index contributed by atoms with van der Waals surface area (Å²) in [5, 5.41) is 1.13. The van der Waals surface area contributed by atoms with Crippen LogP contribution in [0.15, 0.2) is 18.2 Å². The Bertz CT molecular complexity index is 540. The predicted molar refractivity (Wildman–Crippen MR) is 77.9 cm³/mol. The molecule has 1 aromatic carbocycles. The van der Waals surface area contributed by atoms with E-state index < -0.39 is 0 Å². The van der Waals surface area contributed by atoms with Crippen LogP contribution in [0, 0.1) is 12.8 Å². The molecule has 2 aromatic rings. The zero-order chi connectivity index (χ0) is 12.5. The maximum Gasteiger partial charge on any atom is 0.111 e. The molecule has 1 unspecified atom stereocenters. The van der Waals surface area contributed by atoms with Crippen molar-refractivity contribution in [2.75, 3.05) is 0 Å². The lowest BCUT2D eigenvalue weighted by Gasteiger charge is -2.25. The number of benzene rings is 1. The fourth-order valence-electron chi connectivity index (χ4n) is 2.89. The van der Waals surface area contributed by atoms with Crippen LogP contribution < -0.4 is 5.73 Å². The van der Waals surface area contributed by atoms with Crippen molar-refractivity contribution in [1.82, 2.24) is 4.98 Å². The number of rotatable bonds is 2. The summed E-state index contributed by atoms with van der Waals surface area (Å²) in [7, 11) is 0. The Morgan fingerprint density at radius 2 is 2.06 bits per heavy atom. The van der Waals surface area contributed by atoms with Crippen LogP contribution in [0.1, 0.15) is 48.7 Å². The van der Waals surface area contributed by atoms with Gasteiger partial charge in [0.05, 0.1) is 16.3 Å². The van der Waals surface area contributed by atoms with Gasteiger partial charge in [-0.05, 0) is 43.4 Å². The first-order chi connectivity index (χ1) is 8.74. The average molecular weight is 260 g/mol. The Morgan fingerprint density at radius 3 is 2.83 bits per heavy atom. The summed E-state index contributed by atoms with van der Waals surface area (Å²) in [6, 6.07) is 6.61. The third kappa shape index (κ3) is 2.29. The number of nitrogens with zero attached hydrogens (tertiary/aromatic N) is 1. The molecule has 1 aliphatic rings. The first-order valence-electron chi connectivity index (χ1n) is 6.87. The second-order valence-corrected chi connectivity index (χ2v) is 6.51. The first-order valence-corrected chi connectivity index (χ1v) is 7.68. The average Bonchev–Trinajstić information content (AvgIpc) is 2.81. The molecular formula is C15H20N2S. The number of hydrogen-bond donors (Lipinski definition) is 1. The van der Waals surface area contributed by atoms with Crippen molar-refractivity contribution in [2.45, 2.75) is 45.1 Å². The summed E-state index contributed by atoms with van der Waals surface area (Å²) in [5.41, 5.74) is 8.80. The molecule has 1 heterocycles. The normalized spacial score (nSPS) is 19.2. The van der Waals surface area contributed by atoms with Gasteiger partial charge in [0.2, 0.25) is 0 Å². The lowest BCUT2D eigenvalue weighted by Crippen LogP contribution is -2.23. The van der Waals surface area contributed by atoms with Crippen molar-refractivity contribution in [2.24, 2.45) is 11.7 Å². The van der Waals surface area contributed by atoms with E-state index in [0.717, 1.165) is 10.5 Å². The molecule has 1 aromatic heterocycles. The van der Waals surface area contributed by atoms with Gasteiger partial charge >= 0.3 is 0 Å². The van der Waals surface area contributed by atoms with Gasteiger partial charge in [0, 0.05) is 0 Å². The maximum atomic E-state index is 6.42. The van der Waals surface area contributed by atoms with Crippen molar-refractivity contribution in [1.29, 1.82) is 0 Å². The molecule has 0 saturated heterocycles. The third-order valence-corrected chi connectivity index (χ3v) is 5.14. The Balaban J connectivity index is 1.88. The van der Waals surface area contributed by atoms with E-state index in [4.69, 9.17) is 10.7 Å². The second-order valence-electron chi connectivity index (χ2n) is 5.45. The van der Waals surface area contributed by atoms with Crippen LogP contribution in [-0.2, 0) is 0 Å². The summed E-state index contributed by atoms with van der Waals surface area (Å²) in [4.78, 5) is 4.74. The molecule has 2 nitrogen and oxygen atoms in total. The molecule has 3 heteroatoms. The lowest BCUT2D eigenvalue weighted by atomic mass is 9.84. The topological polar surface area (TPSA) is 38.9 Å². The van der Waals surface area contributed by atoms with Crippen molar-refractivity contribution >= 4 is 21.6 Å². The minimum atomic E-state index is 0.142. The molecule has 0 aliphatic heterocycles. The summed E-state index contributed by atoms with van der Waals surface area (Å²) in [5.74, 6) is 0.639. The van der Waals surface area contributed by atoms with Crippen molar-refractivity contribution in [3.05, 3.63) is 28.8 Å². The number of hydrogen-bond acceptors (Lipinski definition) is 3. The van der Waals surface area contributed by atoms with Crippen LogP contribution in [0.5, 0.6) is 0 Å². The highest BCUT2D eigenvalue weighted by atomic mass is 32.1. The molecular weight excluding hydrogens is 240 g/mol.